The maximum Gasteiger partial charge on any atom is 0.303 e. The van der Waals surface area contributed by atoms with E-state index in [2.05, 4.69) is 5.32 Å². The molecule has 2 amide bonds. The van der Waals surface area contributed by atoms with Gasteiger partial charge in [0.05, 0.1) is 5.92 Å². The van der Waals surface area contributed by atoms with Gasteiger partial charge in [0, 0.05) is 32.5 Å². The van der Waals surface area contributed by atoms with Gasteiger partial charge in [0.25, 0.3) is 0 Å². The number of hydrogen-bond donors (Lipinski definition) is 2. The molecule has 0 aromatic heterocycles. The van der Waals surface area contributed by atoms with Gasteiger partial charge < -0.3 is 15.3 Å². The summed E-state index contributed by atoms with van der Waals surface area (Å²) >= 11 is 0. The van der Waals surface area contributed by atoms with Gasteiger partial charge in [-0.05, 0) is 25.3 Å². The van der Waals surface area contributed by atoms with Crippen LogP contribution >= 0.6 is 0 Å². The number of likely N-dealkylation sites (tertiary alicyclic amines) is 1. The second-order valence-electron chi connectivity index (χ2n) is 7.01. The molecular formula is C20H28N2O4. The third-order valence-electron chi connectivity index (χ3n) is 4.70. The molecule has 1 aliphatic rings. The fraction of sp³-hybridized carbons (Fsp3) is 0.550. The lowest BCUT2D eigenvalue weighted by atomic mass is 10.1. The minimum Gasteiger partial charge on any atom is -0.481 e. The van der Waals surface area contributed by atoms with Crippen LogP contribution in [0.15, 0.2) is 24.3 Å². The Balaban J connectivity index is 1.66. The van der Waals surface area contributed by atoms with Crippen LogP contribution in [0, 0.1) is 12.8 Å². The normalized spacial score (nSPS) is 16.7. The molecule has 1 fully saturated rings. The Morgan fingerprint density at radius 3 is 2.54 bits per heavy atom. The maximum absolute atomic E-state index is 12.2. The summed E-state index contributed by atoms with van der Waals surface area (Å²) < 4.78 is 0. The molecule has 1 heterocycles. The number of carboxylic acid groups (broad SMARTS) is 1. The highest BCUT2D eigenvalue weighted by atomic mass is 16.4. The smallest absolute Gasteiger partial charge is 0.303 e. The number of benzene rings is 1. The quantitative estimate of drug-likeness (QED) is 0.628. The van der Waals surface area contributed by atoms with Gasteiger partial charge in [0.1, 0.15) is 0 Å². The summed E-state index contributed by atoms with van der Waals surface area (Å²) in [5.41, 5.74) is 2.26. The van der Waals surface area contributed by atoms with Crippen molar-refractivity contribution >= 4 is 17.8 Å². The van der Waals surface area contributed by atoms with E-state index < -0.39 is 5.97 Å². The molecule has 0 radical (unpaired) electrons. The molecule has 0 aliphatic carbocycles. The number of amides is 2. The number of carboxylic acids is 1. The van der Waals surface area contributed by atoms with E-state index in [0.29, 0.717) is 26.1 Å². The van der Waals surface area contributed by atoms with Gasteiger partial charge >= 0.3 is 5.97 Å². The Labute approximate surface area is 154 Å². The number of aliphatic carboxylic acids is 1. The fourth-order valence-electron chi connectivity index (χ4n) is 3.13. The molecule has 1 aromatic rings. The minimum absolute atomic E-state index is 0.0272. The average Bonchev–Trinajstić information content (AvgIpc) is 2.96. The van der Waals surface area contributed by atoms with E-state index in [1.165, 1.54) is 5.56 Å². The number of rotatable bonds is 10. The molecular weight excluding hydrogens is 332 g/mol. The topological polar surface area (TPSA) is 86.7 Å². The first kappa shape index (κ1) is 19.9. The van der Waals surface area contributed by atoms with Crippen LogP contribution in [0.3, 0.4) is 0 Å². The standard InChI is InChI=1S/C20H28N2O4/c1-15-7-9-16(10-8-15)13-22-14-17(12-18(22)23)20(26)21-11-5-3-2-4-6-19(24)25/h7-10,17H,2-6,11-14H2,1H3,(H,21,26)(H,24,25). The van der Waals surface area contributed by atoms with Crippen LogP contribution in [0.5, 0.6) is 0 Å². The van der Waals surface area contributed by atoms with E-state index in [9.17, 15) is 14.4 Å². The summed E-state index contributed by atoms with van der Waals surface area (Å²) in [5, 5.41) is 11.5. The van der Waals surface area contributed by atoms with Crippen molar-refractivity contribution in [1.82, 2.24) is 10.2 Å². The van der Waals surface area contributed by atoms with Gasteiger partial charge in [0.2, 0.25) is 11.8 Å². The zero-order valence-corrected chi connectivity index (χ0v) is 15.4. The predicted molar refractivity (Wildman–Crippen MR) is 98.4 cm³/mol. The third kappa shape index (κ3) is 6.50. The lowest BCUT2D eigenvalue weighted by Gasteiger charge is -2.17. The first-order valence-corrected chi connectivity index (χ1v) is 9.28. The Bertz CT molecular complexity index is 627. The number of hydrogen-bond acceptors (Lipinski definition) is 3. The first-order chi connectivity index (χ1) is 12.5. The zero-order chi connectivity index (χ0) is 18.9. The van der Waals surface area contributed by atoms with Crippen LogP contribution in [-0.2, 0) is 20.9 Å². The van der Waals surface area contributed by atoms with Crippen molar-refractivity contribution in [3.63, 3.8) is 0 Å². The van der Waals surface area contributed by atoms with E-state index in [0.717, 1.165) is 24.8 Å². The van der Waals surface area contributed by atoms with Gasteiger partial charge in [-0.2, -0.15) is 0 Å². The van der Waals surface area contributed by atoms with Crippen molar-refractivity contribution in [3.8, 4) is 0 Å². The summed E-state index contributed by atoms with van der Waals surface area (Å²) in [5.74, 6) is -1.07. The second-order valence-corrected chi connectivity index (χ2v) is 7.01. The lowest BCUT2D eigenvalue weighted by Crippen LogP contribution is -2.33. The van der Waals surface area contributed by atoms with Crippen molar-refractivity contribution in [2.45, 2.75) is 52.0 Å². The first-order valence-electron chi connectivity index (χ1n) is 9.28. The summed E-state index contributed by atoms with van der Waals surface area (Å²) in [4.78, 5) is 36.6. The Kier molecular flexibility index (Phi) is 7.63. The van der Waals surface area contributed by atoms with Crippen LogP contribution in [0.4, 0.5) is 0 Å². The van der Waals surface area contributed by atoms with Crippen LogP contribution in [0.2, 0.25) is 0 Å². The molecule has 0 bridgehead atoms. The highest BCUT2D eigenvalue weighted by Gasteiger charge is 2.33. The fourth-order valence-corrected chi connectivity index (χ4v) is 3.13. The minimum atomic E-state index is -0.764. The lowest BCUT2D eigenvalue weighted by molar-refractivity contribution is -0.137. The predicted octanol–water partition coefficient (Wildman–Crippen LogP) is 2.49. The Morgan fingerprint density at radius 1 is 1.15 bits per heavy atom. The van der Waals surface area contributed by atoms with Crippen molar-refractivity contribution in [2.24, 2.45) is 5.92 Å². The van der Waals surface area contributed by atoms with Gasteiger partial charge in [-0.1, -0.05) is 42.7 Å². The Morgan fingerprint density at radius 2 is 1.85 bits per heavy atom. The molecule has 26 heavy (non-hydrogen) atoms. The molecule has 6 heteroatoms. The molecule has 142 valence electrons. The SMILES string of the molecule is Cc1ccc(CN2CC(C(=O)NCCCCCCC(=O)O)CC2=O)cc1. The summed E-state index contributed by atoms with van der Waals surface area (Å²) in [6.07, 6.45) is 3.74. The summed E-state index contributed by atoms with van der Waals surface area (Å²) in [6, 6.07) is 8.08. The van der Waals surface area contributed by atoms with Crippen LogP contribution in [0.1, 0.15) is 49.7 Å². The molecule has 1 aliphatic heterocycles. The summed E-state index contributed by atoms with van der Waals surface area (Å²) in [6.45, 7) is 3.62. The number of unbranched alkanes of at least 4 members (excludes halogenated alkanes) is 3. The van der Waals surface area contributed by atoms with Crippen molar-refractivity contribution in [2.75, 3.05) is 13.1 Å². The van der Waals surface area contributed by atoms with Gasteiger partial charge in [-0.15, -0.1) is 0 Å². The number of aryl methyl sites for hydroxylation is 1. The number of nitrogens with zero attached hydrogens (tertiary/aromatic N) is 1. The van der Waals surface area contributed by atoms with Crippen molar-refractivity contribution in [1.29, 1.82) is 0 Å². The Hall–Kier alpha value is -2.37. The zero-order valence-electron chi connectivity index (χ0n) is 15.4. The van der Waals surface area contributed by atoms with E-state index in [-0.39, 0.29) is 30.6 Å². The summed E-state index contributed by atoms with van der Waals surface area (Å²) in [7, 11) is 0. The monoisotopic (exact) mass is 360 g/mol. The molecule has 1 saturated heterocycles. The number of carbonyl (C=O) groups excluding carboxylic acids is 2. The van der Waals surface area contributed by atoms with Crippen molar-refractivity contribution in [3.05, 3.63) is 35.4 Å². The second kappa shape index (κ2) is 9.94. The molecule has 6 nitrogen and oxygen atoms in total. The van der Waals surface area contributed by atoms with E-state index in [4.69, 9.17) is 5.11 Å². The number of nitrogens with one attached hydrogen (secondary N) is 1. The molecule has 0 saturated carbocycles. The molecule has 2 rings (SSSR count). The molecule has 1 unspecified atom stereocenters. The van der Waals surface area contributed by atoms with Gasteiger partial charge in [-0.3, -0.25) is 14.4 Å². The third-order valence-corrected chi connectivity index (χ3v) is 4.70. The van der Waals surface area contributed by atoms with Crippen LogP contribution < -0.4 is 5.32 Å². The maximum atomic E-state index is 12.2. The molecule has 0 spiro atoms. The molecule has 2 N–H and O–H groups in total. The van der Waals surface area contributed by atoms with E-state index in [1.54, 1.807) is 4.90 Å². The van der Waals surface area contributed by atoms with E-state index >= 15 is 0 Å². The highest BCUT2D eigenvalue weighted by Crippen LogP contribution is 2.20. The van der Waals surface area contributed by atoms with Gasteiger partial charge in [-0.25, -0.2) is 0 Å². The van der Waals surface area contributed by atoms with Crippen LogP contribution in [0.25, 0.3) is 0 Å². The van der Waals surface area contributed by atoms with Crippen molar-refractivity contribution < 1.29 is 19.5 Å². The van der Waals surface area contributed by atoms with E-state index in [1.807, 2.05) is 31.2 Å². The molecule has 1 atom stereocenters. The van der Waals surface area contributed by atoms with Gasteiger partial charge in [0.15, 0.2) is 0 Å². The number of carbonyl (C=O) groups is 3. The molecule has 1 aromatic carbocycles. The highest BCUT2D eigenvalue weighted by molar-refractivity contribution is 5.89. The average molecular weight is 360 g/mol. The van der Waals surface area contributed by atoms with Crippen LogP contribution in [-0.4, -0.2) is 40.9 Å². The largest absolute Gasteiger partial charge is 0.481 e.